The minimum Gasteiger partial charge on any atom is -0.338 e. The number of nitrogens with zero attached hydrogens (tertiary/aromatic N) is 4. The first-order chi connectivity index (χ1) is 11.6. The molecule has 0 atom stereocenters. The highest BCUT2D eigenvalue weighted by Crippen LogP contribution is 2.23. The van der Waals surface area contributed by atoms with Crippen LogP contribution in [0.1, 0.15) is 25.2 Å². The molecule has 0 radical (unpaired) electrons. The maximum absolute atomic E-state index is 5.91. The number of piperidine rings is 1. The van der Waals surface area contributed by atoms with Crippen LogP contribution in [0.3, 0.4) is 0 Å². The summed E-state index contributed by atoms with van der Waals surface area (Å²) in [7, 11) is 4.28. The molecule has 0 unspecified atom stereocenters. The van der Waals surface area contributed by atoms with Gasteiger partial charge in [0.25, 0.3) is 0 Å². The van der Waals surface area contributed by atoms with Gasteiger partial charge in [-0.1, -0.05) is 16.8 Å². The molecule has 5 nitrogen and oxygen atoms in total. The number of halogens is 1. The third-order valence-corrected chi connectivity index (χ3v) is 4.87. The second-order valence-corrected chi connectivity index (χ2v) is 7.27. The minimum atomic E-state index is 0.627. The Morgan fingerprint density at radius 2 is 1.92 bits per heavy atom. The molecular weight excluding hydrogens is 324 g/mol. The zero-order valence-electron chi connectivity index (χ0n) is 14.4. The molecule has 0 spiro atoms. The Morgan fingerprint density at radius 1 is 1.21 bits per heavy atom. The molecule has 1 aliphatic heterocycles. The summed E-state index contributed by atoms with van der Waals surface area (Å²) in [6.45, 7) is 4.13. The van der Waals surface area contributed by atoms with E-state index in [-0.39, 0.29) is 0 Å². The molecule has 6 heteroatoms. The Balaban J connectivity index is 1.50. The smallest absolute Gasteiger partial charge is 0.241 e. The minimum absolute atomic E-state index is 0.627. The molecule has 1 aromatic carbocycles. The third-order valence-electron chi connectivity index (χ3n) is 4.62. The zero-order chi connectivity index (χ0) is 16.9. The van der Waals surface area contributed by atoms with Crippen molar-refractivity contribution in [1.82, 2.24) is 19.9 Å². The van der Waals surface area contributed by atoms with Crippen LogP contribution >= 0.6 is 11.6 Å². The first kappa shape index (κ1) is 17.4. The predicted molar refractivity (Wildman–Crippen MR) is 95.9 cm³/mol. The fraction of sp³-hybridized carbons (Fsp3) is 0.556. The Hall–Kier alpha value is -1.43. The van der Waals surface area contributed by atoms with Gasteiger partial charge in [0.15, 0.2) is 0 Å². The van der Waals surface area contributed by atoms with Gasteiger partial charge >= 0.3 is 0 Å². The Kier molecular flexibility index (Phi) is 5.87. The summed E-state index contributed by atoms with van der Waals surface area (Å²) in [5.41, 5.74) is 0.928. The average Bonchev–Trinajstić information content (AvgIpc) is 3.03. The second kappa shape index (κ2) is 8.10. The monoisotopic (exact) mass is 348 g/mol. The Morgan fingerprint density at radius 3 is 2.58 bits per heavy atom. The van der Waals surface area contributed by atoms with E-state index in [1.165, 1.54) is 25.8 Å². The van der Waals surface area contributed by atoms with Crippen molar-refractivity contribution >= 4 is 11.6 Å². The molecule has 1 aromatic heterocycles. The van der Waals surface area contributed by atoms with Gasteiger partial charge < -0.3 is 9.42 Å². The first-order valence-electron chi connectivity index (χ1n) is 8.56. The van der Waals surface area contributed by atoms with Crippen molar-refractivity contribution in [2.75, 3.05) is 33.7 Å². The molecule has 0 saturated carbocycles. The maximum Gasteiger partial charge on any atom is 0.241 e. The van der Waals surface area contributed by atoms with Crippen LogP contribution < -0.4 is 0 Å². The van der Waals surface area contributed by atoms with Gasteiger partial charge in [0, 0.05) is 10.6 Å². The molecule has 1 aliphatic rings. The highest BCUT2D eigenvalue weighted by molar-refractivity contribution is 6.30. The van der Waals surface area contributed by atoms with Gasteiger partial charge in [0.1, 0.15) is 0 Å². The van der Waals surface area contributed by atoms with Crippen molar-refractivity contribution in [2.45, 2.75) is 25.8 Å². The van der Waals surface area contributed by atoms with Crippen LogP contribution in [0.15, 0.2) is 28.8 Å². The van der Waals surface area contributed by atoms with E-state index in [0.29, 0.717) is 16.7 Å². The summed E-state index contributed by atoms with van der Waals surface area (Å²) in [6, 6.07) is 7.50. The number of hydrogen-bond acceptors (Lipinski definition) is 5. The second-order valence-electron chi connectivity index (χ2n) is 6.83. The topological polar surface area (TPSA) is 45.4 Å². The fourth-order valence-corrected chi connectivity index (χ4v) is 3.23. The lowest BCUT2D eigenvalue weighted by atomic mass is 9.93. The first-order valence-corrected chi connectivity index (χ1v) is 8.93. The Bertz CT molecular complexity index is 633. The summed E-state index contributed by atoms with van der Waals surface area (Å²) in [5, 5.41) is 4.79. The summed E-state index contributed by atoms with van der Waals surface area (Å²) < 4.78 is 5.42. The summed E-state index contributed by atoms with van der Waals surface area (Å²) >= 11 is 5.91. The van der Waals surface area contributed by atoms with Crippen LogP contribution in [0.25, 0.3) is 11.4 Å². The molecule has 1 saturated heterocycles. The van der Waals surface area contributed by atoms with Crippen LogP contribution in [0, 0.1) is 5.92 Å². The van der Waals surface area contributed by atoms with Gasteiger partial charge in [0.05, 0.1) is 6.54 Å². The SMILES string of the molecule is CN(C)CCC1CCN(Cc2nc(-c3ccc(Cl)cc3)no2)CC1. The van der Waals surface area contributed by atoms with Crippen LogP contribution in [0.4, 0.5) is 0 Å². The number of hydrogen-bond donors (Lipinski definition) is 0. The number of aromatic nitrogens is 2. The number of likely N-dealkylation sites (tertiary alicyclic amines) is 1. The van der Waals surface area contributed by atoms with E-state index in [4.69, 9.17) is 16.1 Å². The lowest BCUT2D eigenvalue weighted by Gasteiger charge is -2.31. The van der Waals surface area contributed by atoms with Crippen molar-refractivity contribution < 1.29 is 4.52 Å². The van der Waals surface area contributed by atoms with Crippen LogP contribution in [-0.2, 0) is 6.54 Å². The van der Waals surface area contributed by atoms with Gasteiger partial charge in [-0.15, -0.1) is 0 Å². The van der Waals surface area contributed by atoms with E-state index in [1.807, 2.05) is 24.3 Å². The van der Waals surface area contributed by atoms with E-state index in [9.17, 15) is 0 Å². The highest BCUT2D eigenvalue weighted by atomic mass is 35.5. The lowest BCUT2D eigenvalue weighted by molar-refractivity contribution is 0.150. The van der Waals surface area contributed by atoms with Crippen molar-refractivity contribution in [3.05, 3.63) is 35.2 Å². The van der Waals surface area contributed by atoms with Gasteiger partial charge in [-0.25, -0.2) is 0 Å². The van der Waals surface area contributed by atoms with E-state index < -0.39 is 0 Å². The molecule has 1 fully saturated rings. The van der Waals surface area contributed by atoms with E-state index in [0.717, 1.165) is 31.1 Å². The molecule has 0 bridgehead atoms. The normalized spacial score (nSPS) is 16.8. The molecule has 0 N–H and O–H groups in total. The molecular formula is C18H25ClN4O. The van der Waals surface area contributed by atoms with Crippen molar-refractivity contribution in [2.24, 2.45) is 5.92 Å². The van der Waals surface area contributed by atoms with Gasteiger partial charge in [-0.2, -0.15) is 4.98 Å². The molecule has 3 rings (SSSR count). The number of benzene rings is 1. The standard InChI is InChI=1S/C18H25ClN4O/c1-22(2)10-7-14-8-11-23(12-9-14)13-17-20-18(21-24-17)15-3-5-16(19)6-4-15/h3-6,14H,7-13H2,1-2H3. The van der Waals surface area contributed by atoms with E-state index in [2.05, 4.69) is 34.0 Å². The van der Waals surface area contributed by atoms with Gasteiger partial charge in [0.2, 0.25) is 11.7 Å². The van der Waals surface area contributed by atoms with E-state index in [1.54, 1.807) is 0 Å². The lowest BCUT2D eigenvalue weighted by Crippen LogP contribution is -2.34. The highest BCUT2D eigenvalue weighted by Gasteiger charge is 2.21. The van der Waals surface area contributed by atoms with Gasteiger partial charge in [-0.05, 0) is 83.2 Å². The summed E-state index contributed by atoms with van der Waals surface area (Å²) in [5.74, 6) is 2.16. The van der Waals surface area contributed by atoms with Crippen molar-refractivity contribution in [1.29, 1.82) is 0 Å². The van der Waals surface area contributed by atoms with Crippen LogP contribution in [-0.4, -0.2) is 53.7 Å². The molecule has 130 valence electrons. The summed E-state index contributed by atoms with van der Waals surface area (Å²) in [6.07, 6.45) is 3.81. The molecule has 0 aliphatic carbocycles. The van der Waals surface area contributed by atoms with Crippen LogP contribution in [0.5, 0.6) is 0 Å². The fourth-order valence-electron chi connectivity index (χ4n) is 3.10. The van der Waals surface area contributed by atoms with E-state index >= 15 is 0 Å². The van der Waals surface area contributed by atoms with Crippen molar-refractivity contribution in [3.8, 4) is 11.4 Å². The summed E-state index contributed by atoms with van der Waals surface area (Å²) in [4.78, 5) is 9.19. The third kappa shape index (κ3) is 4.79. The molecule has 2 aromatic rings. The maximum atomic E-state index is 5.91. The molecule has 2 heterocycles. The zero-order valence-corrected chi connectivity index (χ0v) is 15.2. The predicted octanol–water partition coefficient (Wildman–Crippen LogP) is 3.55. The molecule has 0 amide bonds. The average molecular weight is 349 g/mol. The van der Waals surface area contributed by atoms with Crippen molar-refractivity contribution in [3.63, 3.8) is 0 Å². The molecule has 24 heavy (non-hydrogen) atoms. The van der Waals surface area contributed by atoms with Crippen LogP contribution in [0.2, 0.25) is 5.02 Å². The largest absolute Gasteiger partial charge is 0.338 e. The van der Waals surface area contributed by atoms with Gasteiger partial charge in [-0.3, -0.25) is 4.90 Å². The Labute approximate surface area is 148 Å². The number of rotatable bonds is 6. The quantitative estimate of drug-likeness (QED) is 0.798.